The maximum atomic E-state index is 5.89. The van der Waals surface area contributed by atoms with Crippen molar-refractivity contribution in [3.63, 3.8) is 0 Å². The molecule has 0 bridgehead atoms. The summed E-state index contributed by atoms with van der Waals surface area (Å²) in [6.45, 7) is 4.58. The van der Waals surface area contributed by atoms with Gasteiger partial charge in [0.2, 0.25) is 0 Å². The lowest BCUT2D eigenvalue weighted by atomic mass is 9.57. The Morgan fingerprint density at radius 3 is 2.39 bits per heavy atom. The van der Waals surface area contributed by atoms with E-state index in [1.165, 1.54) is 37.7 Å². The molecule has 2 rings (SSSR count). The zero-order valence-electron chi connectivity index (χ0n) is 11.7. The van der Waals surface area contributed by atoms with E-state index in [4.69, 9.17) is 5.84 Å². The first kappa shape index (κ1) is 13.6. The Labute approximate surface area is 111 Å². The number of nitrogens with two attached hydrogens (primary N) is 1. The first-order chi connectivity index (χ1) is 8.74. The highest BCUT2D eigenvalue weighted by molar-refractivity contribution is 5.30. The predicted octanol–water partition coefficient (Wildman–Crippen LogP) is 3.38. The van der Waals surface area contributed by atoms with Gasteiger partial charge in [0.25, 0.3) is 0 Å². The van der Waals surface area contributed by atoms with Crippen LogP contribution in [0.4, 0.5) is 0 Å². The molecule has 0 heterocycles. The van der Waals surface area contributed by atoms with Gasteiger partial charge < -0.3 is 0 Å². The van der Waals surface area contributed by atoms with Crippen molar-refractivity contribution in [3.05, 3.63) is 35.9 Å². The van der Waals surface area contributed by atoms with Crippen LogP contribution in [0.3, 0.4) is 0 Å². The molecular weight excluding hydrogens is 220 g/mol. The largest absolute Gasteiger partial charge is 0.271 e. The van der Waals surface area contributed by atoms with E-state index < -0.39 is 0 Å². The standard InChI is InChI=1S/C16H26N2/c1-3-8-13(2)15(18-17)16(11-7-12-16)14-9-5-4-6-10-14/h4-6,9-10,13,15,18H,3,7-8,11-12,17H2,1-2H3. The van der Waals surface area contributed by atoms with Gasteiger partial charge in [0.1, 0.15) is 0 Å². The van der Waals surface area contributed by atoms with Gasteiger partial charge in [-0.1, -0.05) is 57.0 Å². The molecule has 1 aliphatic carbocycles. The summed E-state index contributed by atoms with van der Waals surface area (Å²) in [6, 6.07) is 11.3. The quantitative estimate of drug-likeness (QED) is 0.596. The minimum Gasteiger partial charge on any atom is -0.271 e. The monoisotopic (exact) mass is 246 g/mol. The molecule has 2 heteroatoms. The molecule has 3 N–H and O–H groups in total. The van der Waals surface area contributed by atoms with Crippen LogP contribution in [-0.2, 0) is 5.41 Å². The minimum atomic E-state index is 0.268. The van der Waals surface area contributed by atoms with Crippen LogP contribution in [0.2, 0.25) is 0 Å². The lowest BCUT2D eigenvalue weighted by Crippen LogP contribution is -2.57. The van der Waals surface area contributed by atoms with Crippen LogP contribution in [0.15, 0.2) is 30.3 Å². The van der Waals surface area contributed by atoms with E-state index in [0.717, 1.165) is 0 Å². The SMILES string of the molecule is CCCC(C)C(NN)C1(c2ccccc2)CCC1. The molecule has 2 atom stereocenters. The molecule has 0 saturated heterocycles. The summed E-state index contributed by atoms with van der Waals surface area (Å²) in [7, 11) is 0. The first-order valence-corrected chi connectivity index (χ1v) is 7.26. The molecule has 1 aromatic rings. The molecule has 1 fully saturated rings. The Bertz CT molecular complexity index is 357. The van der Waals surface area contributed by atoms with E-state index in [1.807, 2.05) is 0 Å². The summed E-state index contributed by atoms with van der Waals surface area (Å²) < 4.78 is 0. The molecule has 0 spiro atoms. The van der Waals surface area contributed by atoms with Crippen molar-refractivity contribution in [2.24, 2.45) is 11.8 Å². The molecule has 1 aromatic carbocycles. The number of hydrogen-bond donors (Lipinski definition) is 2. The molecule has 2 nitrogen and oxygen atoms in total. The van der Waals surface area contributed by atoms with Crippen molar-refractivity contribution in [3.8, 4) is 0 Å². The van der Waals surface area contributed by atoms with Crippen LogP contribution in [0, 0.1) is 5.92 Å². The second-order valence-electron chi connectivity index (χ2n) is 5.79. The molecule has 18 heavy (non-hydrogen) atoms. The van der Waals surface area contributed by atoms with Crippen molar-refractivity contribution < 1.29 is 0 Å². The van der Waals surface area contributed by atoms with Gasteiger partial charge in [-0.25, -0.2) is 0 Å². The van der Waals surface area contributed by atoms with Gasteiger partial charge >= 0.3 is 0 Å². The van der Waals surface area contributed by atoms with Crippen molar-refractivity contribution in [2.45, 2.75) is 57.4 Å². The van der Waals surface area contributed by atoms with Crippen molar-refractivity contribution in [1.82, 2.24) is 5.43 Å². The molecule has 2 unspecified atom stereocenters. The number of benzene rings is 1. The fourth-order valence-corrected chi connectivity index (χ4v) is 3.60. The Morgan fingerprint density at radius 1 is 1.28 bits per heavy atom. The van der Waals surface area contributed by atoms with Crippen LogP contribution in [0.5, 0.6) is 0 Å². The Hall–Kier alpha value is -0.860. The third kappa shape index (κ3) is 2.32. The zero-order chi connectivity index (χ0) is 13.0. The Morgan fingerprint density at radius 2 is 1.94 bits per heavy atom. The maximum Gasteiger partial charge on any atom is 0.0332 e. The first-order valence-electron chi connectivity index (χ1n) is 7.26. The summed E-state index contributed by atoms with van der Waals surface area (Å²) >= 11 is 0. The van der Waals surface area contributed by atoms with Gasteiger partial charge in [-0.15, -0.1) is 0 Å². The highest BCUT2D eigenvalue weighted by Crippen LogP contribution is 2.48. The predicted molar refractivity (Wildman–Crippen MR) is 77.2 cm³/mol. The third-order valence-corrected chi connectivity index (χ3v) is 4.68. The normalized spacial score (nSPS) is 21.1. The second-order valence-corrected chi connectivity index (χ2v) is 5.79. The van der Waals surface area contributed by atoms with Gasteiger partial charge in [-0.3, -0.25) is 11.3 Å². The molecule has 0 aromatic heterocycles. The fraction of sp³-hybridized carbons (Fsp3) is 0.625. The van der Waals surface area contributed by atoms with E-state index in [1.54, 1.807) is 0 Å². The van der Waals surface area contributed by atoms with Crippen LogP contribution < -0.4 is 11.3 Å². The molecular formula is C16H26N2. The van der Waals surface area contributed by atoms with Crippen molar-refractivity contribution in [1.29, 1.82) is 0 Å². The lowest BCUT2D eigenvalue weighted by molar-refractivity contribution is 0.126. The average Bonchev–Trinajstić information content (AvgIpc) is 2.34. The lowest BCUT2D eigenvalue weighted by Gasteiger charge is -2.50. The Kier molecular flexibility index (Phi) is 4.41. The number of nitrogens with one attached hydrogen (secondary N) is 1. The third-order valence-electron chi connectivity index (χ3n) is 4.68. The van der Waals surface area contributed by atoms with Crippen LogP contribution in [0.25, 0.3) is 0 Å². The van der Waals surface area contributed by atoms with E-state index in [0.29, 0.717) is 12.0 Å². The molecule has 0 aliphatic heterocycles. The number of rotatable bonds is 6. The topological polar surface area (TPSA) is 38.0 Å². The number of hydrazine groups is 1. The van der Waals surface area contributed by atoms with Crippen LogP contribution in [0.1, 0.15) is 51.5 Å². The maximum absolute atomic E-state index is 5.89. The van der Waals surface area contributed by atoms with E-state index >= 15 is 0 Å². The molecule has 0 radical (unpaired) electrons. The number of hydrogen-bond acceptors (Lipinski definition) is 2. The van der Waals surface area contributed by atoms with Crippen molar-refractivity contribution in [2.75, 3.05) is 0 Å². The Balaban J connectivity index is 2.25. The summed E-state index contributed by atoms with van der Waals surface area (Å²) in [4.78, 5) is 0. The van der Waals surface area contributed by atoms with Gasteiger partial charge in [0.15, 0.2) is 0 Å². The highest BCUT2D eigenvalue weighted by Gasteiger charge is 2.46. The zero-order valence-corrected chi connectivity index (χ0v) is 11.7. The van der Waals surface area contributed by atoms with Gasteiger partial charge in [-0.05, 0) is 30.7 Å². The van der Waals surface area contributed by atoms with E-state index in [-0.39, 0.29) is 5.41 Å². The van der Waals surface area contributed by atoms with Gasteiger partial charge in [-0.2, -0.15) is 0 Å². The van der Waals surface area contributed by atoms with Gasteiger partial charge in [0.05, 0.1) is 0 Å². The molecule has 0 amide bonds. The van der Waals surface area contributed by atoms with E-state index in [9.17, 15) is 0 Å². The summed E-state index contributed by atoms with van der Waals surface area (Å²) in [6.07, 6.45) is 6.32. The van der Waals surface area contributed by atoms with Crippen LogP contribution in [-0.4, -0.2) is 6.04 Å². The van der Waals surface area contributed by atoms with Crippen LogP contribution >= 0.6 is 0 Å². The van der Waals surface area contributed by atoms with E-state index in [2.05, 4.69) is 49.6 Å². The smallest absolute Gasteiger partial charge is 0.0332 e. The average molecular weight is 246 g/mol. The molecule has 100 valence electrons. The molecule has 1 aliphatic rings. The molecule has 1 saturated carbocycles. The van der Waals surface area contributed by atoms with Gasteiger partial charge in [0, 0.05) is 11.5 Å². The highest BCUT2D eigenvalue weighted by atomic mass is 15.2. The summed E-state index contributed by atoms with van der Waals surface area (Å²) in [5.74, 6) is 6.51. The second kappa shape index (κ2) is 5.85. The van der Waals surface area contributed by atoms with Crippen molar-refractivity contribution >= 4 is 0 Å². The summed E-state index contributed by atoms with van der Waals surface area (Å²) in [5, 5.41) is 0. The minimum absolute atomic E-state index is 0.268. The summed E-state index contributed by atoms with van der Waals surface area (Å²) in [5.41, 5.74) is 4.86. The fourth-order valence-electron chi connectivity index (χ4n) is 3.60.